The largest absolute Gasteiger partial charge is 0.460 e. The first kappa shape index (κ1) is 16.3. The van der Waals surface area contributed by atoms with E-state index in [0.29, 0.717) is 11.0 Å². The van der Waals surface area contributed by atoms with Gasteiger partial charge < -0.3 is 4.42 Å². The molecular formula is C19H12BrFO3S. The minimum atomic E-state index is -3.92. The Morgan fingerprint density at radius 3 is 2.60 bits per heavy atom. The van der Waals surface area contributed by atoms with Crippen molar-refractivity contribution >= 4 is 47.5 Å². The lowest BCUT2D eigenvalue weighted by Gasteiger charge is -2.06. The van der Waals surface area contributed by atoms with Gasteiger partial charge >= 0.3 is 0 Å². The van der Waals surface area contributed by atoms with Gasteiger partial charge in [0, 0.05) is 9.86 Å². The van der Waals surface area contributed by atoms with Crippen molar-refractivity contribution in [2.45, 2.75) is 16.7 Å². The number of benzene rings is 3. The summed E-state index contributed by atoms with van der Waals surface area (Å²) in [5.41, 5.74) is 0.488. The fraction of sp³-hybridized carbons (Fsp3) is 0.0526. The van der Waals surface area contributed by atoms with Gasteiger partial charge in [-0.05, 0) is 54.1 Å². The van der Waals surface area contributed by atoms with Gasteiger partial charge in [-0.3, -0.25) is 0 Å². The first-order chi connectivity index (χ1) is 11.9. The Labute approximate surface area is 152 Å². The van der Waals surface area contributed by atoms with E-state index < -0.39 is 15.7 Å². The summed E-state index contributed by atoms with van der Waals surface area (Å²) in [6.45, 7) is 1.61. The van der Waals surface area contributed by atoms with Crippen molar-refractivity contribution in [2.24, 2.45) is 0 Å². The van der Waals surface area contributed by atoms with Crippen LogP contribution in [0.25, 0.3) is 21.7 Å². The second-order valence-corrected chi connectivity index (χ2v) is 8.55. The number of sulfone groups is 1. The van der Waals surface area contributed by atoms with Crippen LogP contribution >= 0.6 is 15.9 Å². The molecule has 0 fully saturated rings. The molecule has 3 aromatic carbocycles. The van der Waals surface area contributed by atoms with E-state index >= 15 is 0 Å². The molecule has 6 heteroatoms. The number of hydrogen-bond acceptors (Lipinski definition) is 3. The number of aryl methyl sites for hydroxylation is 1. The van der Waals surface area contributed by atoms with Crippen LogP contribution in [0.5, 0.6) is 0 Å². The molecule has 4 aromatic rings. The van der Waals surface area contributed by atoms with Crippen LogP contribution in [-0.2, 0) is 9.84 Å². The molecule has 1 aromatic heterocycles. The average Bonchev–Trinajstić information content (AvgIpc) is 2.91. The molecule has 1 heterocycles. The van der Waals surface area contributed by atoms with Gasteiger partial charge in [0.25, 0.3) is 0 Å². The van der Waals surface area contributed by atoms with E-state index in [1.54, 1.807) is 13.0 Å². The summed E-state index contributed by atoms with van der Waals surface area (Å²) in [6, 6.07) is 14.3. The molecule has 0 unspecified atom stereocenters. The zero-order chi connectivity index (χ0) is 17.8. The highest BCUT2D eigenvalue weighted by Crippen LogP contribution is 2.38. The van der Waals surface area contributed by atoms with Crippen molar-refractivity contribution in [2.75, 3.05) is 0 Å². The van der Waals surface area contributed by atoms with Crippen molar-refractivity contribution in [3.05, 3.63) is 70.6 Å². The normalized spacial score (nSPS) is 12.1. The van der Waals surface area contributed by atoms with Crippen molar-refractivity contribution in [1.82, 2.24) is 0 Å². The smallest absolute Gasteiger partial charge is 0.210 e. The highest BCUT2D eigenvalue weighted by atomic mass is 79.9. The van der Waals surface area contributed by atoms with Gasteiger partial charge in [0.1, 0.15) is 22.1 Å². The second-order valence-electron chi connectivity index (χ2n) is 5.75. The van der Waals surface area contributed by atoms with E-state index in [1.807, 2.05) is 24.3 Å². The average molecular weight is 419 g/mol. The Balaban J connectivity index is 2.12. The van der Waals surface area contributed by atoms with Crippen LogP contribution in [-0.4, -0.2) is 8.42 Å². The van der Waals surface area contributed by atoms with Gasteiger partial charge in [0.2, 0.25) is 9.84 Å². The maximum Gasteiger partial charge on any atom is 0.210 e. The maximum atomic E-state index is 13.6. The molecule has 126 valence electrons. The Hall–Kier alpha value is -2.18. The van der Waals surface area contributed by atoms with Gasteiger partial charge in [-0.15, -0.1) is 0 Å². The van der Waals surface area contributed by atoms with Gasteiger partial charge in [-0.1, -0.05) is 34.1 Å². The number of rotatable bonds is 2. The monoisotopic (exact) mass is 418 g/mol. The minimum Gasteiger partial charge on any atom is -0.460 e. The van der Waals surface area contributed by atoms with Crippen LogP contribution in [0.15, 0.2) is 73.3 Å². The van der Waals surface area contributed by atoms with Gasteiger partial charge in [-0.2, -0.15) is 0 Å². The van der Waals surface area contributed by atoms with Crippen molar-refractivity contribution in [3.63, 3.8) is 0 Å². The molecule has 4 rings (SSSR count). The molecule has 3 nitrogen and oxygen atoms in total. The fourth-order valence-electron chi connectivity index (χ4n) is 3.06. The Morgan fingerprint density at radius 1 is 1.04 bits per heavy atom. The van der Waals surface area contributed by atoms with E-state index in [1.165, 1.54) is 18.2 Å². The Kier molecular flexibility index (Phi) is 3.70. The summed E-state index contributed by atoms with van der Waals surface area (Å²) < 4.78 is 46.5. The highest BCUT2D eigenvalue weighted by Gasteiger charge is 2.27. The Bertz CT molecular complexity index is 1240. The van der Waals surface area contributed by atoms with Crippen LogP contribution in [0, 0.1) is 12.7 Å². The summed E-state index contributed by atoms with van der Waals surface area (Å²) >= 11 is 3.42. The molecule has 0 spiro atoms. The van der Waals surface area contributed by atoms with Crippen LogP contribution < -0.4 is 0 Å². The fourth-order valence-corrected chi connectivity index (χ4v) is 5.10. The Morgan fingerprint density at radius 2 is 1.84 bits per heavy atom. The van der Waals surface area contributed by atoms with Crippen molar-refractivity contribution < 1.29 is 17.2 Å². The number of fused-ring (bicyclic) bond motifs is 3. The van der Waals surface area contributed by atoms with Crippen molar-refractivity contribution in [1.29, 1.82) is 0 Å². The molecular weight excluding hydrogens is 407 g/mol. The summed E-state index contributed by atoms with van der Waals surface area (Å²) in [7, 11) is -3.92. The standard InChI is InChI=1S/C19H12BrFO3S/c1-11-19(25(22,23)15-4-2-3-14(21)10-15)18-16-7-6-13(20)9-12(16)5-8-17(18)24-11/h2-10H,1H3. The molecule has 0 saturated carbocycles. The molecule has 25 heavy (non-hydrogen) atoms. The zero-order valence-corrected chi connectivity index (χ0v) is 15.5. The third-order valence-corrected chi connectivity index (χ3v) is 6.53. The zero-order valence-electron chi connectivity index (χ0n) is 13.1. The van der Waals surface area contributed by atoms with Crippen LogP contribution in [0.3, 0.4) is 0 Å². The van der Waals surface area contributed by atoms with E-state index in [4.69, 9.17) is 4.42 Å². The number of furan rings is 1. The van der Waals surface area contributed by atoms with Gasteiger partial charge in [0.05, 0.1) is 4.90 Å². The maximum absolute atomic E-state index is 13.6. The van der Waals surface area contributed by atoms with Crippen LogP contribution in [0.2, 0.25) is 0 Å². The van der Waals surface area contributed by atoms with Crippen LogP contribution in [0.4, 0.5) is 4.39 Å². The molecule has 0 saturated heterocycles. The number of halogens is 2. The quantitative estimate of drug-likeness (QED) is 0.423. The predicted molar refractivity (Wildman–Crippen MR) is 98.0 cm³/mol. The molecule has 0 aliphatic carbocycles. The molecule has 0 amide bonds. The third-order valence-electron chi connectivity index (χ3n) is 4.13. The molecule has 0 atom stereocenters. The van der Waals surface area contributed by atoms with Gasteiger partial charge in [-0.25, -0.2) is 12.8 Å². The molecule has 0 radical (unpaired) electrons. The summed E-state index contributed by atoms with van der Waals surface area (Å²) in [6.07, 6.45) is 0. The lowest BCUT2D eigenvalue weighted by molar-refractivity contribution is 0.557. The van der Waals surface area contributed by atoms with Crippen LogP contribution in [0.1, 0.15) is 5.76 Å². The van der Waals surface area contributed by atoms with Gasteiger partial charge in [0.15, 0.2) is 0 Å². The van der Waals surface area contributed by atoms with E-state index in [9.17, 15) is 12.8 Å². The lowest BCUT2D eigenvalue weighted by Crippen LogP contribution is -2.03. The topological polar surface area (TPSA) is 47.3 Å². The van der Waals surface area contributed by atoms with Crippen molar-refractivity contribution in [3.8, 4) is 0 Å². The highest BCUT2D eigenvalue weighted by molar-refractivity contribution is 9.10. The first-order valence-electron chi connectivity index (χ1n) is 7.50. The SMILES string of the molecule is Cc1oc2ccc3cc(Br)ccc3c2c1S(=O)(=O)c1cccc(F)c1. The second kappa shape index (κ2) is 5.68. The minimum absolute atomic E-state index is 0.0843. The summed E-state index contributed by atoms with van der Waals surface area (Å²) in [5.74, 6) is -0.310. The molecule has 0 N–H and O–H groups in total. The van der Waals surface area contributed by atoms with E-state index in [0.717, 1.165) is 21.3 Å². The molecule has 0 bridgehead atoms. The molecule has 0 aliphatic heterocycles. The summed E-state index contributed by atoms with van der Waals surface area (Å²) in [5, 5.41) is 2.18. The predicted octanol–water partition coefficient (Wildman–Crippen LogP) is 5.63. The summed E-state index contributed by atoms with van der Waals surface area (Å²) in [4.78, 5) is -0.00608. The number of hydrogen-bond donors (Lipinski definition) is 0. The lowest BCUT2D eigenvalue weighted by atomic mass is 10.1. The molecule has 0 aliphatic rings. The first-order valence-corrected chi connectivity index (χ1v) is 9.77. The van der Waals surface area contributed by atoms with E-state index in [-0.39, 0.29) is 15.6 Å². The van der Waals surface area contributed by atoms with E-state index in [2.05, 4.69) is 15.9 Å². The third kappa shape index (κ3) is 2.56.